The molecule has 0 N–H and O–H groups in total. The van der Waals surface area contributed by atoms with Gasteiger partial charge < -0.3 is 0 Å². The minimum atomic E-state index is 1.32. The van der Waals surface area contributed by atoms with Gasteiger partial charge in [0.1, 0.15) is 0 Å². The second kappa shape index (κ2) is 12.4. The zero-order valence-corrected chi connectivity index (χ0v) is 8.94. The summed E-state index contributed by atoms with van der Waals surface area (Å²) >= 11 is 2.06. The summed E-state index contributed by atoms with van der Waals surface area (Å²) in [5, 5.41) is 3.19. The molecule has 61 valence electrons. The molecule has 11 heavy (non-hydrogen) atoms. The molecule has 0 aliphatic heterocycles. The third kappa shape index (κ3) is 9.67. The van der Waals surface area contributed by atoms with E-state index in [1.807, 2.05) is 32.0 Å². The van der Waals surface area contributed by atoms with Crippen LogP contribution in [0.25, 0.3) is 0 Å². The molecule has 1 heteroatoms. The first-order chi connectivity index (χ1) is 5.39. The number of benzene rings is 1. The van der Waals surface area contributed by atoms with Crippen LogP contribution in [-0.2, 0) is 17.0 Å². The minimum absolute atomic E-state index is 1.32. The molecule has 0 bridgehead atoms. The Bertz CT molecular complexity index is 146. The van der Waals surface area contributed by atoms with Crippen LogP contribution in [0.2, 0.25) is 0 Å². The first kappa shape index (κ1) is 13.3. The van der Waals surface area contributed by atoms with E-state index in [1.54, 1.807) is 0 Å². The zero-order chi connectivity index (χ0) is 9.11. The summed E-state index contributed by atoms with van der Waals surface area (Å²) in [7, 11) is 0. The van der Waals surface area contributed by atoms with E-state index in [1.165, 1.54) is 5.56 Å². The SMILES string of the molecule is CC.Cc1ccccc1.[CH2]=[V]. The normalized spacial score (nSPS) is 6.36. The Morgan fingerprint density at radius 3 is 1.55 bits per heavy atom. The van der Waals surface area contributed by atoms with E-state index in [0.717, 1.165) is 0 Å². The van der Waals surface area contributed by atoms with Gasteiger partial charge in [-0.1, -0.05) is 49.7 Å². The Morgan fingerprint density at radius 2 is 1.36 bits per heavy atom. The molecule has 1 rings (SSSR count). The van der Waals surface area contributed by atoms with Crippen LogP contribution in [-0.4, -0.2) is 5.23 Å². The molecular weight excluding hydrogens is 171 g/mol. The first-order valence-corrected chi connectivity index (χ1v) is 4.71. The molecule has 0 unspecified atom stereocenters. The van der Waals surface area contributed by atoms with E-state index in [9.17, 15) is 0 Å². The van der Waals surface area contributed by atoms with Crippen LogP contribution >= 0.6 is 0 Å². The average Bonchev–Trinajstić information content (AvgIpc) is 2.13. The van der Waals surface area contributed by atoms with Crippen molar-refractivity contribution in [3.05, 3.63) is 35.9 Å². The van der Waals surface area contributed by atoms with Crippen molar-refractivity contribution < 1.29 is 17.0 Å². The van der Waals surface area contributed by atoms with Gasteiger partial charge in [-0.2, -0.15) is 0 Å². The molecule has 0 amide bonds. The van der Waals surface area contributed by atoms with Crippen LogP contribution in [0.15, 0.2) is 30.3 Å². The van der Waals surface area contributed by atoms with Gasteiger partial charge in [-0.3, -0.25) is 0 Å². The Kier molecular flexibility index (Phi) is 14.9. The Hall–Kier alpha value is -0.326. The molecule has 0 aliphatic rings. The summed E-state index contributed by atoms with van der Waals surface area (Å²) < 4.78 is 0. The van der Waals surface area contributed by atoms with Gasteiger partial charge in [-0.15, -0.1) is 0 Å². The molecule has 0 fully saturated rings. The number of rotatable bonds is 0. The number of hydrogen-bond acceptors (Lipinski definition) is 0. The number of aryl methyl sites for hydroxylation is 1. The van der Waals surface area contributed by atoms with Gasteiger partial charge in [-0.05, 0) is 6.92 Å². The van der Waals surface area contributed by atoms with Gasteiger partial charge >= 0.3 is 22.2 Å². The predicted molar refractivity (Wildman–Crippen MR) is 49.6 cm³/mol. The summed E-state index contributed by atoms with van der Waals surface area (Å²) in [5.41, 5.74) is 1.32. The molecule has 0 aromatic heterocycles. The van der Waals surface area contributed by atoms with Crippen molar-refractivity contribution in [3.8, 4) is 0 Å². The van der Waals surface area contributed by atoms with Crippen molar-refractivity contribution >= 4 is 5.23 Å². The van der Waals surface area contributed by atoms with Crippen LogP contribution < -0.4 is 0 Å². The molecule has 0 radical (unpaired) electrons. The van der Waals surface area contributed by atoms with Crippen molar-refractivity contribution in [1.29, 1.82) is 0 Å². The maximum absolute atomic E-state index is 3.19. The van der Waals surface area contributed by atoms with Crippen molar-refractivity contribution in [1.82, 2.24) is 0 Å². The second-order valence-corrected chi connectivity index (χ2v) is 1.65. The molecular formula is C10H16V. The Morgan fingerprint density at radius 1 is 1.00 bits per heavy atom. The van der Waals surface area contributed by atoms with Crippen LogP contribution in [0.5, 0.6) is 0 Å². The molecule has 0 aliphatic carbocycles. The topological polar surface area (TPSA) is 0 Å². The Balaban J connectivity index is 0. The van der Waals surface area contributed by atoms with E-state index in [0.29, 0.717) is 0 Å². The predicted octanol–water partition coefficient (Wildman–Crippen LogP) is 2.99. The maximum atomic E-state index is 3.19. The average molecular weight is 187 g/mol. The third-order valence-electron chi connectivity index (χ3n) is 0.940. The van der Waals surface area contributed by atoms with E-state index >= 15 is 0 Å². The fraction of sp³-hybridized carbons (Fsp3) is 0.300. The van der Waals surface area contributed by atoms with Gasteiger partial charge in [0.25, 0.3) is 0 Å². The summed E-state index contributed by atoms with van der Waals surface area (Å²) in [6.45, 7) is 6.08. The van der Waals surface area contributed by atoms with Gasteiger partial charge in [0, 0.05) is 0 Å². The number of hydrogen-bond donors (Lipinski definition) is 0. The Labute approximate surface area is 79.1 Å². The third-order valence-corrected chi connectivity index (χ3v) is 0.940. The van der Waals surface area contributed by atoms with E-state index in [4.69, 9.17) is 0 Å². The molecule has 0 atom stereocenters. The van der Waals surface area contributed by atoms with Crippen LogP contribution in [0.3, 0.4) is 0 Å². The van der Waals surface area contributed by atoms with Crippen molar-refractivity contribution in [3.63, 3.8) is 0 Å². The molecule has 1 aromatic rings. The van der Waals surface area contributed by atoms with E-state index in [-0.39, 0.29) is 0 Å². The molecule has 0 saturated heterocycles. The second-order valence-electron chi connectivity index (χ2n) is 1.65. The molecule has 0 nitrogen and oxygen atoms in total. The van der Waals surface area contributed by atoms with Gasteiger partial charge in [-0.25, -0.2) is 0 Å². The van der Waals surface area contributed by atoms with Crippen LogP contribution in [0.4, 0.5) is 0 Å². The zero-order valence-electron chi connectivity index (χ0n) is 7.54. The summed E-state index contributed by atoms with van der Waals surface area (Å²) in [6.07, 6.45) is 0. The van der Waals surface area contributed by atoms with Crippen molar-refractivity contribution in [2.45, 2.75) is 20.8 Å². The van der Waals surface area contributed by atoms with Gasteiger partial charge in [0.05, 0.1) is 0 Å². The van der Waals surface area contributed by atoms with Gasteiger partial charge in [0.15, 0.2) is 0 Å². The quantitative estimate of drug-likeness (QED) is 0.585. The summed E-state index contributed by atoms with van der Waals surface area (Å²) in [4.78, 5) is 0. The fourth-order valence-electron chi connectivity index (χ4n) is 0.534. The van der Waals surface area contributed by atoms with Crippen molar-refractivity contribution in [2.24, 2.45) is 0 Å². The fourth-order valence-corrected chi connectivity index (χ4v) is 0.534. The molecule has 1 aromatic carbocycles. The van der Waals surface area contributed by atoms with Gasteiger partial charge in [0.2, 0.25) is 0 Å². The van der Waals surface area contributed by atoms with E-state index < -0.39 is 0 Å². The standard InChI is InChI=1S/C7H8.C2H6.CH2.V/c1-7-5-3-2-4-6-7;1-2;;/h2-6H,1H3;1-2H3;1H2;. The molecule has 0 heterocycles. The summed E-state index contributed by atoms with van der Waals surface area (Å²) in [5.74, 6) is 0. The molecule has 0 spiro atoms. The van der Waals surface area contributed by atoms with Crippen LogP contribution in [0, 0.1) is 6.92 Å². The van der Waals surface area contributed by atoms with Crippen molar-refractivity contribution in [2.75, 3.05) is 0 Å². The monoisotopic (exact) mass is 187 g/mol. The van der Waals surface area contributed by atoms with E-state index in [2.05, 4.69) is 41.3 Å². The molecule has 0 saturated carbocycles. The first-order valence-electron chi connectivity index (χ1n) is 3.73. The summed E-state index contributed by atoms with van der Waals surface area (Å²) in [6, 6.07) is 10.3. The van der Waals surface area contributed by atoms with Crippen LogP contribution in [0.1, 0.15) is 19.4 Å².